The molecule has 0 aliphatic carbocycles. The van der Waals surface area contributed by atoms with E-state index in [1.165, 1.54) is 16.7 Å². The van der Waals surface area contributed by atoms with E-state index in [-0.39, 0.29) is 30.0 Å². The van der Waals surface area contributed by atoms with Crippen LogP contribution in [0.2, 0.25) is 0 Å². The van der Waals surface area contributed by atoms with E-state index >= 15 is 0 Å². The molecule has 0 radical (unpaired) electrons. The molecular weight excluding hydrogens is 463 g/mol. The summed E-state index contributed by atoms with van der Waals surface area (Å²) < 4.78 is 5.46. The van der Waals surface area contributed by atoms with E-state index in [4.69, 9.17) is 4.74 Å². The minimum absolute atomic E-state index is 0. The average Bonchev–Trinajstić information content (AvgIpc) is 2.73. The van der Waals surface area contributed by atoms with Crippen molar-refractivity contribution in [3.8, 4) is 0 Å². The zero-order chi connectivity index (χ0) is 18.9. The van der Waals surface area contributed by atoms with Gasteiger partial charge >= 0.3 is 0 Å². The van der Waals surface area contributed by atoms with Gasteiger partial charge in [-0.2, -0.15) is 0 Å². The maximum absolute atomic E-state index is 5.46. The van der Waals surface area contributed by atoms with E-state index in [0.29, 0.717) is 0 Å². The number of morpholine rings is 1. The molecule has 2 aromatic carbocycles. The van der Waals surface area contributed by atoms with Crippen LogP contribution < -0.4 is 10.6 Å². The van der Waals surface area contributed by atoms with Gasteiger partial charge in [0, 0.05) is 33.2 Å². The molecule has 1 aliphatic rings. The lowest BCUT2D eigenvalue weighted by atomic mass is 10.1. The summed E-state index contributed by atoms with van der Waals surface area (Å²) >= 11 is 0. The van der Waals surface area contributed by atoms with Crippen molar-refractivity contribution in [2.75, 3.05) is 33.4 Å². The molecule has 3 rings (SSSR count). The number of ether oxygens (including phenoxy) is 1. The topological polar surface area (TPSA) is 48.9 Å². The smallest absolute Gasteiger partial charge is 0.191 e. The van der Waals surface area contributed by atoms with Crippen LogP contribution in [0.4, 0.5) is 0 Å². The molecule has 0 saturated carbocycles. The molecule has 2 N–H and O–H groups in total. The molecule has 152 valence electrons. The number of guanidine groups is 1. The van der Waals surface area contributed by atoms with E-state index in [0.717, 1.165) is 45.4 Å². The SMILES string of the molecule is CN=C(NCc1ccccc1CN1CCOCC1)NC(C)c1ccccc1.I. The van der Waals surface area contributed by atoms with Crippen molar-refractivity contribution in [1.29, 1.82) is 0 Å². The number of benzene rings is 2. The highest BCUT2D eigenvalue weighted by molar-refractivity contribution is 14.0. The van der Waals surface area contributed by atoms with Crippen LogP contribution in [0.5, 0.6) is 0 Å². The molecule has 0 bridgehead atoms. The third-order valence-electron chi connectivity index (χ3n) is 4.94. The first-order chi connectivity index (χ1) is 13.3. The van der Waals surface area contributed by atoms with Crippen molar-refractivity contribution in [3.63, 3.8) is 0 Å². The summed E-state index contributed by atoms with van der Waals surface area (Å²) in [6.45, 7) is 7.52. The van der Waals surface area contributed by atoms with Gasteiger partial charge in [0.05, 0.1) is 19.3 Å². The Labute approximate surface area is 185 Å². The van der Waals surface area contributed by atoms with Gasteiger partial charge in [-0.3, -0.25) is 9.89 Å². The predicted molar refractivity (Wildman–Crippen MR) is 126 cm³/mol. The normalized spacial score (nSPS) is 16.1. The number of nitrogens with zero attached hydrogens (tertiary/aromatic N) is 2. The number of hydrogen-bond acceptors (Lipinski definition) is 3. The molecule has 6 heteroatoms. The van der Waals surface area contributed by atoms with Crippen molar-refractivity contribution in [3.05, 3.63) is 71.3 Å². The first kappa shape index (κ1) is 22.6. The van der Waals surface area contributed by atoms with Gasteiger partial charge in [-0.1, -0.05) is 54.6 Å². The van der Waals surface area contributed by atoms with Crippen LogP contribution in [0.25, 0.3) is 0 Å². The lowest BCUT2D eigenvalue weighted by Gasteiger charge is -2.27. The molecule has 0 spiro atoms. The minimum Gasteiger partial charge on any atom is -0.379 e. The Hall–Kier alpha value is -1.64. The van der Waals surface area contributed by atoms with Gasteiger partial charge in [-0.05, 0) is 23.6 Å². The van der Waals surface area contributed by atoms with Crippen molar-refractivity contribution in [2.24, 2.45) is 4.99 Å². The largest absolute Gasteiger partial charge is 0.379 e. The molecule has 5 nitrogen and oxygen atoms in total. The summed E-state index contributed by atoms with van der Waals surface area (Å²) in [5.74, 6) is 0.813. The second kappa shape index (κ2) is 12.0. The van der Waals surface area contributed by atoms with E-state index in [1.54, 1.807) is 0 Å². The van der Waals surface area contributed by atoms with Crippen molar-refractivity contribution in [1.82, 2.24) is 15.5 Å². The molecular formula is C22H31IN4O. The molecule has 0 aromatic heterocycles. The highest BCUT2D eigenvalue weighted by Crippen LogP contribution is 2.14. The average molecular weight is 494 g/mol. The summed E-state index contributed by atoms with van der Waals surface area (Å²) in [4.78, 5) is 6.83. The number of halogens is 1. The molecule has 2 aromatic rings. The first-order valence-electron chi connectivity index (χ1n) is 9.65. The molecule has 1 atom stereocenters. The monoisotopic (exact) mass is 494 g/mol. The number of nitrogens with one attached hydrogen (secondary N) is 2. The van der Waals surface area contributed by atoms with Crippen LogP contribution >= 0.6 is 24.0 Å². The zero-order valence-electron chi connectivity index (χ0n) is 16.7. The van der Waals surface area contributed by atoms with Gasteiger partial charge in [0.25, 0.3) is 0 Å². The van der Waals surface area contributed by atoms with Crippen molar-refractivity contribution < 1.29 is 4.74 Å². The highest BCUT2D eigenvalue weighted by atomic mass is 127. The third-order valence-corrected chi connectivity index (χ3v) is 4.94. The summed E-state index contributed by atoms with van der Waals surface area (Å²) in [5, 5.41) is 6.93. The van der Waals surface area contributed by atoms with Crippen molar-refractivity contribution >= 4 is 29.9 Å². The molecule has 1 heterocycles. The summed E-state index contributed by atoms with van der Waals surface area (Å²) in [6.07, 6.45) is 0. The molecule has 1 aliphatic heterocycles. The predicted octanol–water partition coefficient (Wildman–Crippen LogP) is 3.56. The first-order valence-corrected chi connectivity index (χ1v) is 9.65. The van der Waals surface area contributed by atoms with Gasteiger partial charge in [0.15, 0.2) is 5.96 Å². The van der Waals surface area contributed by atoms with Crippen LogP contribution in [0.15, 0.2) is 59.6 Å². The van der Waals surface area contributed by atoms with Crippen LogP contribution in [0, 0.1) is 0 Å². The fourth-order valence-electron chi connectivity index (χ4n) is 3.29. The Morgan fingerprint density at radius 1 is 1.04 bits per heavy atom. The van der Waals surface area contributed by atoms with E-state index in [9.17, 15) is 0 Å². The standard InChI is InChI=1S/C22H30N4O.HI/c1-18(19-8-4-3-5-9-19)25-22(23-2)24-16-20-10-6-7-11-21(20)17-26-12-14-27-15-13-26;/h3-11,18H,12-17H2,1-2H3,(H2,23,24,25);1H. The molecule has 28 heavy (non-hydrogen) atoms. The van der Waals surface area contributed by atoms with Gasteiger partial charge in [0.2, 0.25) is 0 Å². The van der Waals surface area contributed by atoms with Gasteiger partial charge in [0.1, 0.15) is 0 Å². The lowest BCUT2D eigenvalue weighted by Crippen LogP contribution is -2.39. The van der Waals surface area contributed by atoms with Gasteiger partial charge < -0.3 is 15.4 Å². The summed E-state index contributed by atoms with van der Waals surface area (Å²) in [5.41, 5.74) is 3.91. The maximum atomic E-state index is 5.46. The van der Waals surface area contributed by atoms with Gasteiger partial charge in [-0.25, -0.2) is 0 Å². The molecule has 0 amide bonds. The van der Waals surface area contributed by atoms with Crippen LogP contribution in [-0.2, 0) is 17.8 Å². The Morgan fingerprint density at radius 2 is 1.68 bits per heavy atom. The minimum atomic E-state index is 0. The molecule has 1 fully saturated rings. The molecule has 1 unspecified atom stereocenters. The van der Waals surface area contributed by atoms with E-state index in [1.807, 2.05) is 13.1 Å². The number of hydrogen-bond donors (Lipinski definition) is 2. The van der Waals surface area contributed by atoms with Crippen LogP contribution in [0.3, 0.4) is 0 Å². The Bertz CT molecular complexity index is 732. The lowest BCUT2D eigenvalue weighted by molar-refractivity contribution is 0.0341. The highest BCUT2D eigenvalue weighted by Gasteiger charge is 2.13. The maximum Gasteiger partial charge on any atom is 0.191 e. The second-order valence-electron chi connectivity index (χ2n) is 6.86. The fraction of sp³-hybridized carbons (Fsp3) is 0.409. The van der Waals surface area contributed by atoms with Crippen LogP contribution in [0.1, 0.15) is 29.7 Å². The third kappa shape index (κ3) is 6.76. The van der Waals surface area contributed by atoms with Crippen LogP contribution in [-0.4, -0.2) is 44.2 Å². The fourth-order valence-corrected chi connectivity index (χ4v) is 3.29. The summed E-state index contributed by atoms with van der Waals surface area (Å²) in [6, 6.07) is 19.2. The van der Waals surface area contributed by atoms with E-state index in [2.05, 4.69) is 76.0 Å². The van der Waals surface area contributed by atoms with Gasteiger partial charge in [-0.15, -0.1) is 24.0 Å². The van der Waals surface area contributed by atoms with Crippen molar-refractivity contribution in [2.45, 2.75) is 26.1 Å². The number of aliphatic imine (C=N–C) groups is 1. The zero-order valence-corrected chi connectivity index (χ0v) is 19.1. The Morgan fingerprint density at radius 3 is 2.36 bits per heavy atom. The molecule has 1 saturated heterocycles. The quantitative estimate of drug-likeness (QED) is 0.367. The number of rotatable bonds is 6. The second-order valence-corrected chi connectivity index (χ2v) is 6.86. The van der Waals surface area contributed by atoms with E-state index < -0.39 is 0 Å². The Kier molecular flexibility index (Phi) is 9.73. The summed E-state index contributed by atoms with van der Waals surface area (Å²) in [7, 11) is 1.81. The Balaban J connectivity index is 0.00000280.